The first-order valence-corrected chi connectivity index (χ1v) is 8.72. The Morgan fingerprint density at radius 3 is 3.00 bits per heavy atom. The number of aromatic nitrogens is 1. The molecular weight excluding hydrogens is 315 g/mol. The molecule has 2 nitrogen and oxygen atoms in total. The number of benzene rings is 1. The molecule has 0 saturated heterocycles. The summed E-state index contributed by atoms with van der Waals surface area (Å²) >= 11 is 6.52. The van der Waals surface area contributed by atoms with Gasteiger partial charge in [0.25, 0.3) is 0 Å². The van der Waals surface area contributed by atoms with Gasteiger partial charge in [-0.05, 0) is 43.9 Å². The van der Waals surface area contributed by atoms with E-state index in [1.54, 1.807) is 11.3 Å². The molecule has 1 aromatic heterocycles. The van der Waals surface area contributed by atoms with Crippen LogP contribution in [0.3, 0.4) is 0 Å². The van der Waals surface area contributed by atoms with Crippen molar-refractivity contribution in [3.63, 3.8) is 0 Å². The van der Waals surface area contributed by atoms with Gasteiger partial charge in [-0.1, -0.05) is 37.1 Å². The van der Waals surface area contributed by atoms with Crippen molar-refractivity contribution in [2.24, 2.45) is 0 Å². The number of fused-ring (bicyclic) bond motifs is 3. The van der Waals surface area contributed by atoms with Crippen molar-refractivity contribution >= 4 is 22.5 Å². The van der Waals surface area contributed by atoms with E-state index in [0.717, 1.165) is 11.6 Å². The lowest BCUT2D eigenvalue weighted by Gasteiger charge is -2.40. The molecule has 4 rings (SSSR count). The molecule has 2 aliphatic rings. The van der Waals surface area contributed by atoms with Gasteiger partial charge in [-0.25, -0.2) is 0 Å². The lowest BCUT2D eigenvalue weighted by Crippen LogP contribution is -3.00. The molecule has 1 unspecified atom stereocenters. The highest BCUT2D eigenvalue weighted by molar-refractivity contribution is 6.35. The minimum absolute atomic E-state index is 0. The second kappa shape index (κ2) is 6.43. The highest BCUT2D eigenvalue weighted by Crippen LogP contribution is 2.44. The van der Waals surface area contributed by atoms with E-state index >= 15 is 0 Å². The minimum atomic E-state index is 0. The Labute approximate surface area is 145 Å². The van der Waals surface area contributed by atoms with E-state index in [2.05, 4.69) is 28.5 Å². The highest BCUT2D eigenvalue weighted by atomic mass is 35.5. The maximum Gasteiger partial charge on any atom is 1.00 e. The SMILES string of the molecule is CCCCN1CCn2c3c(c4cccc(Cl)c42)CCCC31.[Cl-].[H+]. The van der Waals surface area contributed by atoms with Crippen LogP contribution in [-0.4, -0.2) is 22.6 Å². The number of rotatable bonds is 3. The molecule has 0 spiro atoms. The van der Waals surface area contributed by atoms with Crippen LogP contribution in [-0.2, 0) is 13.0 Å². The number of nitrogens with zero attached hydrogens (tertiary/aromatic N) is 2. The fourth-order valence-corrected chi connectivity index (χ4v) is 4.58. The number of aryl methyl sites for hydroxylation is 1. The fourth-order valence-electron chi connectivity index (χ4n) is 4.31. The number of hydrogen-bond acceptors (Lipinski definition) is 1. The van der Waals surface area contributed by atoms with Crippen LogP contribution >= 0.6 is 11.6 Å². The second-order valence-corrected chi connectivity index (χ2v) is 6.86. The van der Waals surface area contributed by atoms with Crippen molar-refractivity contribution in [1.29, 1.82) is 0 Å². The molecule has 0 amide bonds. The molecule has 4 heteroatoms. The second-order valence-electron chi connectivity index (χ2n) is 6.45. The Morgan fingerprint density at radius 1 is 1.32 bits per heavy atom. The maximum absolute atomic E-state index is 6.52. The third-order valence-electron chi connectivity index (χ3n) is 5.25. The van der Waals surface area contributed by atoms with Crippen molar-refractivity contribution in [3.8, 4) is 0 Å². The van der Waals surface area contributed by atoms with Crippen molar-refractivity contribution in [2.45, 2.75) is 51.6 Å². The van der Waals surface area contributed by atoms with Gasteiger partial charge in [0.1, 0.15) is 0 Å². The third kappa shape index (κ3) is 2.36. The minimum Gasteiger partial charge on any atom is -1.00 e. The van der Waals surface area contributed by atoms with Crippen molar-refractivity contribution in [2.75, 3.05) is 13.1 Å². The summed E-state index contributed by atoms with van der Waals surface area (Å²) in [4.78, 5) is 2.72. The van der Waals surface area contributed by atoms with E-state index in [0.29, 0.717) is 6.04 Å². The fraction of sp³-hybridized carbons (Fsp3) is 0.556. The quantitative estimate of drug-likeness (QED) is 0.829. The summed E-state index contributed by atoms with van der Waals surface area (Å²) in [5, 5.41) is 2.32. The van der Waals surface area contributed by atoms with Crippen LogP contribution in [0.15, 0.2) is 18.2 Å². The predicted molar refractivity (Wildman–Crippen MR) is 90.2 cm³/mol. The van der Waals surface area contributed by atoms with Crippen LogP contribution in [0.25, 0.3) is 10.9 Å². The first-order valence-electron chi connectivity index (χ1n) is 8.34. The van der Waals surface area contributed by atoms with Gasteiger partial charge in [0.05, 0.1) is 16.6 Å². The van der Waals surface area contributed by atoms with E-state index in [9.17, 15) is 0 Å². The van der Waals surface area contributed by atoms with Gasteiger partial charge in [0, 0.05) is 24.2 Å². The van der Waals surface area contributed by atoms with E-state index < -0.39 is 0 Å². The molecule has 120 valence electrons. The standard InChI is InChI=1S/C18H23ClN2.ClH/c1-2-3-10-20-11-12-21-17-13(6-4-8-15(17)19)14-7-5-9-16(20)18(14)21;/h4,6,8,16H,2-3,5,7,9-12H2,1H3;1H. The molecule has 0 radical (unpaired) electrons. The summed E-state index contributed by atoms with van der Waals surface area (Å²) in [6.45, 7) is 5.80. The Bertz CT molecular complexity index is 683. The molecule has 2 aromatic rings. The first-order chi connectivity index (χ1) is 10.3. The van der Waals surface area contributed by atoms with Gasteiger partial charge < -0.3 is 17.0 Å². The van der Waals surface area contributed by atoms with Crippen LogP contribution in [0.1, 0.15) is 51.3 Å². The van der Waals surface area contributed by atoms with Gasteiger partial charge in [0.2, 0.25) is 0 Å². The number of unbranched alkanes of at least 4 members (excludes halogenated alkanes) is 1. The Balaban J connectivity index is 0.000000960. The molecule has 1 aromatic carbocycles. The molecule has 1 aliphatic heterocycles. The molecule has 0 fully saturated rings. The molecule has 0 bridgehead atoms. The zero-order valence-corrected chi connectivity index (χ0v) is 14.6. The average molecular weight is 339 g/mol. The van der Waals surface area contributed by atoms with Crippen molar-refractivity contribution in [3.05, 3.63) is 34.5 Å². The Morgan fingerprint density at radius 2 is 2.18 bits per heavy atom. The zero-order chi connectivity index (χ0) is 14.4. The topological polar surface area (TPSA) is 8.17 Å². The van der Waals surface area contributed by atoms with Crippen molar-refractivity contribution < 1.29 is 13.8 Å². The molecule has 2 heterocycles. The van der Waals surface area contributed by atoms with Crippen LogP contribution in [0.4, 0.5) is 0 Å². The Kier molecular flexibility index (Phi) is 4.72. The van der Waals surface area contributed by atoms with Gasteiger partial charge in [-0.2, -0.15) is 0 Å². The van der Waals surface area contributed by atoms with E-state index in [1.807, 2.05) is 6.07 Å². The van der Waals surface area contributed by atoms with Gasteiger partial charge in [-0.15, -0.1) is 0 Å². The molecule has 0 saturated carbocycles. The number of para-hydroxylation sites is 1. The van der Waals surface area contributed by atoms with Crippen LogP contribution in [0.5, 0.6) is 0 Å². The highest BCUT2D eigenvalue weighted by Gasteiger charge is 2.34. The zero-order valence-electron chi connectivity index (χ0n) is 14.1. The summed E-state index contributed by atoms with van der Waals surface area (Å²) in [5.74, 6) is 0. The predicted octanol–water partition coefficient (Wildman–Crippen LogP) is 1.90. The smallest absolute Gasteiger partial charge is 1.00 e. The van der Waals surface area contributed by atoms with E-state index in [4.69, 9.17) is 11.6 Å². The summed E-state index contributed by atoms with van der Waals surface area (Å²) in [6, 6.07) is 7.03. The van der Waals surface area contributed by atoms with Gasteiger partial charge in [-0.3, -0.25) is 4.90 Å². The number of hydrogen-bond donors (Lipinski definition) is 0. The van der Waals surface area contributed by atoms with Crippen molar-refractivity contribution in [1.82, 2.24) is 9.47 Å². The summed E-state index contributed by atoms with van der Waals surface area (Å²) in [5.41, 5.74) is 4.43. The lowest BCUT2D eigenvalue weighted by atomic mass is 9.89. The maximum atomic E-state index is 6.52. The number of halogens is 2. The van der Waals surface area contributed by atoms with E-state index in [1.165, 1.54) is 56.1 Å². The molecule has 1 atom stereocenters. The van der Waals surface area contributed by atoms with E-state index in [-0.39, 0.29) is 13.8 Å². The van der Waals surface area contributed by atoms with Crippen LogP contribution in [0, 0.1) is 0 Å². The summed E-state index contributed by atoms with van der Waals surface area (Å²) in [7, 11) is 0. The largest absolute Gasteiger partial charge is 1.00 e. The molecule has 22 heavy (non-hydrogen) atoms. The van der Waals surface area contributed by atoms with Crippen LogP contribution < -0.4 is 12.4 Å². The first kappa shape index (κ1) is 16.2. The van der Waals surface area contributed by atoms with Gasteiger partial charge in [0.15, 0.2) is 0 Å². The monoisotopic (exact) mass is 338 g/mol. The Hall–Kier alpha value is -0.700. The summed E-state index contributed by atoms with van der Waals surface area (Å²) < 4.78 is 2.53. The van der Waals surface area contributed by atoms with Crippen LogP contribution in [0.2, 0.25) is 5.02 Å². The average Bonchev–Trinajstić information content (AvgIpc) is 2.84. The molecule has 0 N–H and O–H groups in total. The lowest BCUT2D eigenvalue weighted by molar-refractivity contribution is -0.00000420. The molecular formula is C18H24Cl2N2. The molecule has 1 aliphatic carbocycles. The van der Waals surface area contributed by atoms with Gasteiger partial charge >= 0.3 is 1.43 Å². The normalized spacial score (nSPS) is 20.7. The third-order valence-corrected chi connectivity index (χ3v) is 5.56. The summed E-state index contributed by atoms with van der Waals surface area (Å²) in [6.07, 6.45) is 6.44.